The standard InChI is InChI=1S/C23H28O3/c1-5-23-11-10-19-18-7-6-17(25-4)13-16(18)12-14(2)22(19)20(23)8-9-21(23)26-15(3)24/h6-8,13-14,21H,5,9-12H2,1-4H3/t14-,21+,23-/m1/s1. The first-order valence-electron chi connectivity index (χ1n) is 9.78. The molecule has 0 aliphatic heterocycles. The zero-order chi connectivity index (χ0) is 18.5. The van der Waals surface area contributed by atoms with Crippen molar-refractivity contribution >= 4 is 11.5 Å². The lowest BCUT2D eigenvalue weighted by Crippen LogP contribution is -2.39. The molecule has 1 aromatic rings. The fourth-order valence-corrected chi connectivity index (χ4v) is 5.54. The highest BCUT2D eigenvalue weighted by Crippen LogP contribution is 2.59. The van der Waals surface area contributed by atoms with Crippen molar-refractivity contribution in [2.75, 3.05) is 7.11 Å². The summed E-state index contributed by atoms with van der Waals surface area (Å²) >= 11 is 0. The molecule has 0 aromatic heterocycles. The molecule has 0 fully saturated rings. The number of benzene rings is 1. The SMILES string of the molecule is CC[C@@]12CCC3=C(C1=CC[C@@H]2OC(C)=O)[C@H](C)Cc1cc(OC)ccc13. The molecular formula is C23H28O3. The van der Waals surface area contributed by atoms with E-state index < -0.39 is 0 Å². The Morgan fingerprint density at radius 2 is 2.15 bits per heavy atom. The molecule has 0 radical (unpaired) electrons. The lowest BCUT2D eigenvalue weighted by molar-refractivity contribution is -0.151. The van der Waals surface area contributed by atoms with Crippen LogP contribution in [0.4, 0.5) is 0 Å². The summed E-state index contributed by atoms with van der Waals surface area (Å²) in [4.78, 5) is 11.6. The number of carbonyl (C=O) groups excluding carboxylic acids is 1. The van der Waals surface area contributed by atoms with Gasteiger partial charge < -0.3 is 9.47 Å². The fourth-order valence-electron chi connectivity index (χ4n) is 5.54. The van der Waals surface area contributed by atoms with Crippen LogP contribution in [0.5, 0.6) is 5.75 Å². The summed E-state index contributed by atoms with van der Waals surface area (Å²) in [5.41, 5.74) is 7.27. The summed E-state index contributed by atoms with van der Waals surface area (Å²) in [6, 6.07) is 6.50. The Morgan fingerprint density at radius 1 is 1.35 bits per heavy atom. The molecule has 3 heteroatoms. The zero-order valence-electron chi connectivity index (χ0n) is 16.2. The van der Waals surface area contributed by atoms with Gasteiger partial charge in [-0.1, -0.05) is 26.0 Å². The van der Waals surface area contributed by atoms with E-state index in [1.165, 1.54) is 34.8 Å². The normalized spacial score (nSPS) is 29.5. The number of esters is 1. The van der Waals surface area contributed by atoms with Gasteiger partial charge in [0.15, 0.2) is 0 Å². The van der Waals surface area contributed by atoms with Crippen molar-refractivity contribution in [2.45, 2.75) is 59.0 Å². The minimum Gasteiger partial charge on any atom is -0.497 e. The average molecular weight is 352 g/mol. The summed E-state index contributed by atoms with van der Waals surface area (Å²) in [6.07, 6.45) is 7.39. The third kappa shape index (κ3) is 2.44. The Bertz CT molecular complexity index is 817. The van der Waals surface area contributed by atoms with Crippen LogP contribution in [-0.2, 0) is 16.0 Å². The summed E-state index contributed by atoms with van der Waals surface area (Å²) < 4.78 is 11.2. The van der Waals surface area contributed by atoms with Crippen LogP contribution in [0.15, 0.2) is 35.4 Å². The maximum absolute atomic E-state index is 11.6. The van der Waals surface area contributed by atoms with E-state index in [1.54, 1.807) is 7.11 Å². The molecule has 3 nitrogen and oxygen atoms in total. The van der Waals surface area contributed by atoms with Crippen molar-refractivity contribution in [3.05, 3.63) is 46.5 Å². The van der Waals surface area contributed by atoms with Crippen molar-refractivity contribution < 1.29 is 14.3 Å². The number of hydrogen-bond acceptors (Lipinski definition) is 3. The molecular weight excluding hydrogens is 324 g/mol. The summed E-state index contributed by atoms with van der Waals surface area (Å²) in [5.74, 6) is 1.26. The summed E-state index contributed by atoms with van der Waals surface area (Å²) in [5, 5.41) is 0. The van der Waals surface area contributed by atoms with Crippen LogP contribution < -0.4 is 4.74 Å². The van der Waals surface area contributed by atoms with Crippen molar-refractivity contribution in [1.82, 2.24) is 0 Å². The molecule has 138 valence electrons. The van der Waals surface area contributed by atoms with Crippen LogP contribution in [0, 0.1) is 11.3 Å². The Morgan fingerprint density at radius 3 is 2.85 bits per heavy atom. The van der Waals surface area contributed by atoms with Crippen molar-refractivity contribution in [1.29, 1.82) is 0 Å². The fraction of sp³-hybridized carbons (Fsp3) is 0.522. The van der Waals surface area contributed by atoms with E-state index in [0.29, 0.717) is 5.92 Å². The van der Waals surface area contributed by atoms with E-state index in [9.17, 15) is 4.79 Å². The molecule has 1 aromatic carbocycles. The lowest BCUT2D eigenvalue weighted by Gasteiger charge is -2.45. The number of methoxy groups -OCH3 is 1. The van der Waals surface area contributed by atoms with Gasteiger partial charge in [-0.2, -0.15) is 0 Å². The molecule has 3 atom stereocenters. The Balaban J connectivity index is 1.80. The second-order valence-corrected chi connectivity index (χ2v) is 7.98. The molecule has 0 saturated heterocycles. The highest BCUT2D eigenvalue weighted by molar-refractivity contribution is 5.80. The van der Waals surface area contributed by atoms with Crippen LogP contribution in [0.25, 0.3) is 5.57 Å². The molecule has 0 heterocycles. The molecule has 0 bridgehead atoms. The second kappa shape index (κ2) is 6.29. The Hall–Kier alpha value is -2.03. The first-order chi connectivity index (χ1) is 12.5. The number of carbonyl (C=O) groups is 1. The van der Waals surface area contributed by atoms with Crippen molar-refractivity contribution in [3.63, 3.8) is 0 Å². The molecule has 3 aliphatic carbocycles. The zero-order valence-corrected chi connectivity index (χ0v) is 16.2. The van der Waals surface area contributed by atoms with Gasteiger partial charge in [-0.25, -0.2) is 0 Å². The highest BCUT2D eigenvalue weighted by Gasteiger charge is 2.50. The van der Waals surface area contributed by atoms with Gasteiger partial charge in [0.1, 0.15) is 11.9 Å². The number of ether oxygens (including phenoxy) is 2. The second-order valence-electron chi connectivity index (χ2n) is 7.98. The van der Waals surface area contributed by atoms with Crippen molar-refractivity contribution in [3.8, 4) is 5.75 Å². The lowest BCUT2D eigenvalue weighted by atomic mass is 9.61. The number of hydrogen-bond donors (Lipinski definition) is 0. The van der Waals surface area contributed by atoms with E-state index in [4.69, 9.17) is 9.47 Å². The van der Waals surface area contributed by atoms with E-state index >= 15 is 0 Å². The van der Waals surface area contributed by atoms with Gasteiger partial charge in [-0.15, -0.1) is 0 Å². The largest absolute Gasteiger partial charge is 0.497 e. The Kier molecular flexibility index (Phi) is 4.21. The van der Waals surface area contributed by atoms with Gasteiger partial charge >= 0.3 is 5.97 Å². The van der Waals surface area contributed by atoms with Gasteiger partial charge in [0.05, 0.1) is 7.11 Å². The molecule has 3 aliphatic rings. The van der Waals surface area contributed by atoms with E-state index in [2.05, 4.69) is 38.1 Å². The minimum absolute atomic E-state index is 0.00138. The number of allylic oxidation sites excluding steroid dienone is 2. The predicted octanol–water partition coefficient (Wildman–Crippen LogP) is 5.09. The van der Waals surface area contributed by atoms with Crippen LogP contribution >= 0.6 is 0 Å². The Labute approximate surface area is 156 Å². The van der Waals surface area contributed by atoms with Gasteiger partial charge in [0.2, 0.25) is 0 Å². The number of rotatable bonds is 3. The van der Waals surface area contributed by atoms with Gasteiger partial charge in [0, 0.05) is 18.8 Å². The van der Waals surface area contributed by atoms with Gasteiger partial charge in [0.25, 0.3) is 0 Å². The van der Waals surface area contributed by atoms with Crippen LogP contribution in [-0.4, -0.2) is 19.2 Å². The average Bonchev–Trinajstić information content (AvgIpc) is 2.99. The smallest absolute Gasteiger partial charge is 0.302 e. The van der Waals surface area contributed by atoms with E-state index in [-0.39, 0.29) is 17.5 Å². The highest BCUT2D eigenvalue weighted by atomic mass is 16.5. The molecule has 4 rings (SSSR count). The first-order valence-corrected chi connectivity index (χ1v) is 9.78. The van der Waals surface area contributed by atoms with Gasteiger partial charge in [-0.05, 0) is 71.6 Å². The quantitative estimate of drug-likeness (QED) is 0.711. The van der Waals surface area contributed by atoms with Crippen LogP contribution in [0.1, 0.15) is 57.6 Å². The maximum Gasteiger partial charge on any atom is 0.302 e. The van der Waals surface area contributed by atoms with E-state index in [0.717, 1.165) is 37.9 Å². The third-order valence-corrected chi connectivity index (χ3v) is 6.72. The molecule has 0 saturated carbocycles. The summed E-state index contributed by atoms with van der Waals surface area (Å²) in [7, 11) is 1.73. The molecule has 26 heavy (non-hydrogen) atoms. The van der Waals surface area contributed by atoms with Crippen LogP contribution in [0.2, 0.25) is 0 Å². The summed E-state index contributed by atoms with van der Waals surface area (Å²) in [6.45, 7) is 6.11. The van der Waals surface area contributed by atoms with Crippen LogP contribution in [0.3, 0.4) is 0 Å². The first kappa shape index (κ1) is 17.4. The topological polar surface area (TPSA) is 35.5 Å². The maximum atomic E-state index is 11.6. The van der Waals surface area contributed by atoms with Gasteiger partial charge in [-0.3, -0.25) is 4.79 Å². The number of fused-ring (bicyclic) bond motifs is 4. The molecule has 0 unspecified atom stereocenters. The molecule has 0 amide bonds. The van der Waals surface area contributed by atoms with Crippen molar-refractivity contribution in [2.24, 2.45) is 11.3 Å². The van der Waals surface area contributed by atoms with E-state index in [1.807, 2.05) is 0 Å². The monoisotopic (exact) mass is 352 g/mol. The molecule has 0 N–H and O–H groups in total. The minimum atomic E-state index is -0.161. The molecule has 0 spiro atoms. The third-order valence-electron chi connectivity index (χ3n) is 6.72. The predicted molar refractivity (Wildman–Crippen MR) is 103 cm³/mol.